The van der Waals surface area contributed by atoms with Gasteiger partial charge in [-0.1, -0.05) is 0 Å². The van der Waals surface area contributed by atoms with Crippen LogP contribution in [0.3, 0.4) is 0 Å². The van der Waals surface area contributed by atoms with Crippen molar-refractivity contribution in [1.29, 1.82) is 0 Å². The van der Waals surface area contributed by atoms with Crippen LogP contribution in [0.4, 0.5) is 10.2 Å². The summed E-state index contributed by atoms with van der Waals surface area (Å²) in [4.78, 5) is 23.0. The fraction of sp³-hybridized carbons (Fsp3) is 0.556. The summed E-state index contributed by atoms with van der Waals surface area (Å²) in [7, 11) is 0. The van der Waals surface area contributed by atoms with Crippen LogP contribution in [0.1, 0.15) is 53.8 Å². The first-order chi connectivity index (χ1) is 12.5. The van der Waals surface area contributed by atoms with Crippen molar-refractivity contribution >= 4 is 11.7 Å². The van der Waals surface area contributed by atoms with Crippen molar-refractivity contribution in [3.8, 4) is 0 Å². The molecular formula is C18H23FN6O. The standard InChI is InChI=1S/C18H23FN6O/c1-11-13(9-22-24-11)17(26)23-18-6-3-5-14(18)25(8-4-7-18)16-15(19)12(2)20-10-21-16/h9-10,14H,3-8H2,1-2H3,(H,22,24)(H,23,26). The molecule has 3 heterocycles. The quantitative estimate of drug-likeness (QED) is 0.879. The maximum atomic E-state index is 14.6. The second kappa shape index (κ2) is 6.34. The SMILES string of the molecule is Cc1ncnc(N2CCCC3(NC(=O)c4cn[nH]c4C)CCCC23)c1F. The highest BCUT2D eigenvalue weighted by Gasteiger charge is 2.50. The Morgan fingerprint density at radius 3 is 2.92 bits per heavy atom. The van der Waals surface area contributed by atoms with Crippen molar-refractivity contribution in [3.63, 3.8) is 0 Å². The number of carbonyl (C=O) groups excluding carboxylic acids is 1. The first kappa shape index (κ1) is 16.9. The number of nitrogens with one attached hydrogen (secondary N) is 2. The van der Waals surface area contributed by atoms with Crippen molar-refractivity contribution in [2.75, 3.05) is 11.4 Å². The normalized spacial score (nSPS) is 25.2. The van der Waals surface area contributed by atoms with E-state index in [1.165, 1.54) is 6.33 Å². The average Bonchev–Trinajstić information content (AvgIpc) is 3.23. The molecule has 2 aromatic rings. The molecule has 2 aliphatic rings. The highest BCUT2D eigenvalue weighted by Crippen LogP contribution is 2.42. The molecule has 1 saturated heterocycles. The van der Waals surface area contributed by atoms with Gasteiger partial charge in [0.1, 0.15) is 6.33 Å². The fourth-order valence-corrected chi connectivity index (χ4v) is 4.50. The van der Waals surface area contributed by atoms with Crippen LogP contribution in [0.25, 0.3) is 0 Å². The van der Waals surface area contributed by atoms with Gasteiger partial charge in [0.05, 0.1) is 29.0 Å². The molecule has 138 valence electrons. The lowest BCUT2D eigenvalue weighted by Gasteiger charge is -2.47. The molecule has 2 aromatic heterocycles. The number of carbonyl (C=O) groups is 1. The molecule has 1 aliphatic heterocycles. The largest absolute Gasteiger partial charge is 0.349 e. The molecule has 0 bridgehead atoms. The molecule has 7 nitrogen and oxygen atoms in total. The summed E-state index contributed by atoms with van der Waals surface area (Å²) in [6, 6.07) is 0.0382. The molecular weight excluding hydrogens is 335 g/mol. The summed E-state index contributed by atoms with van der Waals surface area (Å²) < 4.78 is 14.6. The third-order valence-corrected chi connectivity index (χ3v) is 5.79. The highest BCUT2D eigenvalue weighted by molar-refractivity contribution is 5.95. The number of piperidine rings is 1. The second-order valence-corrected chi connectivity index (χ2v) is 7.32. The minimum Gasteiger partial charge on any atom is -0.349 e. The van der Waals surface area contributed by atoms with Crippen LogP contribution >= 0.6 is 0 Å². The second-order valence-electron chi connectivity index (χ2n) is 7.32. The Bertz CT molecular complexity index is 837. The van der Waals surface area contributed by atoms with Gasteiger partial charge in [-0.3, -0.25) is 9.89 Å². The number of amides is 1. The van der Waals surface area contributed by atoms with E-state index in [9.17, 15) is 9.18 Å². The minimum absolute atomic E-state index is 0.0382. The van der Waals surface area contributed by atoms with E-state index in [2.05, 4.69) is 25.5 Å². The van der Waals surface area contributed by atoms with E-state index in [-0.39, 0.29) is 23.3 Å². The number of hydrogen-bond acceptors (Lipinski definition) is 5. The smallest absolute Gasteiger partial charge is 0.255 e. The maximum absolute atomic E-state index is 14.6. The number of aryl methyl sites for hydroxylation is 2. The number of anilines is 1. The van der Waals surface area contributed by atoms with Gasteiger partial charge in [-0.05, 0) is 46.0 Å². The molecule has 2 unspecified atom stereocenters. The molecule has 0 aromatic carbocycles. The Morgan fingerprint density at radius 1 is 1.35 bits per heavy atom. The van der Waals surface area contributed by atoms with Crippen LogP contribution in [0, 0.1) is 19.7 Å². The van der Waals surface area contributed by atoms with Crippen molar-refractivity contribution in [2.24, 2.45) is 0 Å². The molecule has 26 heavy (non-hydrogen) atoms. The van der Waals surface area contributed by atoms with Gasteiger partial charge < -0.3 is 10.2 Å². The minimum atomic E-state index is -0.368. The van der Waals surface area contributed by atoms with Crippen LogP contribution in [-0.4, -0.2) is 44.2 Å². The third kappa shape index (κ3) is 2.64. The monoisotopic (exact) mass is 358 g/mol. The molecule has 0 spiro atoms. The number of H-pyrrole nitrogens is 1. The van der Waals surface area contributed by atoms with Crippen LogP contribution in [0.2, 0.25) is 0 Å². The van der Waals surface area contributed by atoms with Crippen molar-refractivity contribution in [1.82, 2.24) is 25.5 Å². The number of rotatable bonds is 3. The van der Waals surface area contributed by atoms with E-state index < -0.39 is 0 Å². The van der Waals surface area contributed by atoms with Gasteiger partial charge >= 0.3 is 0 Å². The number of hydrogen-bond donors (Lipinski definition) is 2. The maximum Gasteiger partial charge on any atom is 0.255 e. The molecule has 1 amide bonds. The lowest BCUT2D eigenvalue weighted by molar-refractivity contribution is 0.0869. The molecule has 8 heteroatoms. The first-order valence-electron chi connectivity index (χ1n) is 9.08. The third-order valence-electron chi connectivity index (χ3n) is 5.79. The Balaban J connectivity index is 1.65. The van der Waals surface area contributed by atoms with E-state index >= 15 is 0 Å². The van der Waals surface area contributed by atoms with Crippen LogP contribution < -0.4 is 10.2 Å². The molecule has 2 N–H and O–H groups in total. The van der Waals surface area contributed by atoms with Crippen LogP contribution in [0.15, 0.2) is 12.5 Å². The van der Waals surface area contributed by atoms with Gasteiger partial charge in [0.2, 0.25) is 0 Å². The molecule has 0 radical (unpaired) electrons. The predicted molar refractivity (Wildman–Crippen MR) is 94.5 cm³/mol. The lowest BCUT2D eigenvalue weighted by atomic mass is 9.82. The summed E-state index contributed by atoms with van der Waals surface area (Å²) >= 11 is 0. The Labute approximate surface area is 151 Å². The highest BCUT2D eigenvalue weighted by atomic mass is 19.1. The lowest BCUT2D eigenvalue weighted by Crippen LogP contribution is -2.63. The molecule has 2 fully saturated rings. The molecule has 2 atom stereocenters. The zero-order chi connectivity index (χ0) is 18.3. The molecule has 4 rings (SSSR count). The van der Waals surface area contributed by atoms with E-state index in [4.69, 9.17) is 0 Å². The van der Waals surface area contributed by atoms with Gasteiger partial charge in [-0.25, -0.2) is 14.4 Å². The Kier molecular flexibility index (Phi) is 4.13. The van der Waals surface area contributed by atoms with Gasteiger partial charge in [0, 0.05) is 12.2 Å². The summed E-state index contributed by atoms with van der Waals surface area (Å²) in [5.41, 5.74) is 1.30. The summed E-state index contributed by atoms with van der Waals surface area (Å²) in [5, 5.41) is 10.0. The molecule has 1 aliphatic carbocycles. The summed E-state index contributed by atoms with van der Waals surface area (Å²) in [5.74, 6) is -0.140. The van der Waals surface area contributed by atoms with Gasteiger partial charge in [-0.2, -0.15) is 5.10 Å². The Morgan fingerprint density at radius 2 is 2.15 bits per heavy atom. The van der Waals surface area contributed by atoms with E-state index in [0.29, 0.717) is 17.1 Å². The zero-order valence-electron chi connectivity index (χ0n) is 15.0. The van der Waals surface area contributed by atoms with Gasteiger partial charge in [0.25, 0.3) is 5.91 Å². The van der Waals surface area contributed by atoms with Crippen LogP contribution in [-0.2, 0) is 0 Å². The number of aromatic nitrogens is 4. The predicted octanol–water partition coefficient (Wildman–Crippen LogP) is 2.28. The fourth-order valence-electron chi connectivity index (χ4n) is 4.50. The van der Waals surface area contributed by atoms with Crippen molar-refractivity contribution < 1.29 is 9.18 Å². The van der Waals surface area contributed by atoms with Crippen LogP contribution in [0.5, 0.6) is 0 Å². The van der Waals surface area contributed by atoms with Gasteiger partial charge in [-0.15, -0.1) is 0 Å². The van der Waals surface area contributed by atoms with Crippen molar-refractivity contribution in [3.05, 3.63) is 35.3 Å². The zero-order valence-corrected chi connectivity index (χ0v) is 15.0. The first-order valence-corrected chi connectivity index (χ1v) is 9.08. The topological polar surface area (TPSA) is 86.8 Å². The number of fused-ring (bicyclic) bond motifs is 1. The summed E-state index contributed by atoms with van der Waals surface area (Å²) in [6.45, 7) is 4.22. The number of aromatic amines is 1. The number of halogens is 1. The van der Waals surface area contributed by atoms with E-state index in [1.54, 1.807) is 13.1 Å². The average molecular weight is 358 g/mol. The Hall–Kier alpha value is -2.51. The summed E-state index contributed by atoms with van der Waals surface area (Å²) in [6.07, 6.45) is 7.53. The molecule has 1 saturated carbocycles. The van der Waals surface area contributed by atoms with E-state index in [0.717, 1.165) is 44.3 Å². The van der Waals surface area contributed by atoms with E-state index in [1.807, 2.05) is 11.8 Å². The number of nitrogens with zero attached hydrogens (tertiary/aromatic N) is 4. The van der Waals surface area contributed by atoms with Crippen molar-refractivity contribution in [2.45, 2.75) is 57.5 Å². The van der Waals surface area contributed by atoms with Gasteiger partial charge in [0.15, 0.2) is 11.6 Å².